The second kappa shape index (κ2) is 5.47. The molecule has 0 aromatic heterocycles. The number of Topliss-reactive ketones (excluding diaryl/α,β-unsaturated/α-hetero) is 1. The van der Waals surface area contributed by atoms with E-state index in [1.807, 2.05) is 0 Å². The van der Waals surface area contributed by atoms with Gasteiger partial charge in [0.2, 0.25) is 0 Å². The zero-order valence-corrected chi connectivity index (χ0v) is 9.02. The van der Waals surface area contributed by atoms with E-state index in [1.54, 1.807) is 0 Å². The first-order valence-corrected chi connectivity index (χ1v) is 4.84. The molecule has 0 aliphatic heterocycles. The van der Waals surface area contributed by atoms with Gasteiger partial charge in [-0.15, -0.1) is 0 Å². The van der Waals surface area contributed by atoms with Crippen molar-refractivity contribution in [3.05, 3.63) is 35.1 Å². The molecule has 6 heteroatoms. The SMILES string of the molecule is CC(=O)CCNC(=O)c1ccc(F)c(F)c1F. The molecule has 0 saturated carbocycles. The topological polar surface area (TPSA) is 46.2 Å². The largest absolute Gasteiger partial charge is 0.352 e. The molecule has 1 amide bonds. The number of carbonyl (C=O) groups excluding carboxylic acids is 2. The first kappa shape index (κ1) is 13.2. The van der Waals surface area contributed by atoms with Gasteiger partial charge < -0.3 is 5.32 Å². The Labute approximate surface area is 95.6 Å². The van der Waals surface area contributed by atoms with Gasteiger partial charge in [0.05, 0.1) is 5.56 Å². The first-order valence-electron chi connectivity index (χ1n) is 4.84. The van der Waals surface area contributed by atoms with Gasteiger partial charge in [0, 0.05) is 13.0 Å². The maximum Gasteiger partial charge on any atom is 0.254 e. The Hall–Kier alpha value is -1.85. The molecule has 92 valence electrons. The van der Waals surface area contributed by atoms with Gasteiger partial charge >= 0.3 is 0 Å². The van der Waals surface area contributed by atoms with Crippen LogP contribution in [0.4, 0.5) is 13.2 Å². The molecule has 0 aliphatic carbocycles. The van der Waals surface area contributed by atoms with E-state index in [-0.39, 0.29) is 18.7 Å². The molecule has 0 saturated heterocycles. The highest BCUT2D eigenvalue weighted by Gasteiger charge is 2.18. The summed E-state index contributed by atoms with van der Waals surface area (Å²) in [4.78, 5) is 22.0. The molecule has 3 nitrogen and oxygen atoms in total. The smallest absolute Gasteiger partial charge is 0.254 e. The third-order valence-corrected chi connectivity index (χ3v) is 2.04. The first-order chi connectivity index (χ1) is 7.93. The van der Waals surface area contributed by atoms with Crippen molar-refractivity contribution < 1.29 is 22.8 Å². The van der Waals surface area contributed by atoms with Gasteiger partial charge in [-0.3, -0.25) is 9.59 Å². The lowest BCUT2D eigenvalue weighted by atomic mass is 10.2. The maximum absolute atomic E-state index is 13.2. The monoisotopic (exact) mass is 245 g/mol. The Bertz CT molecular complexity index is 460. The highest BCUT2D eigenvalue weighted by Crippen LogP contribution is 2.14. The van der Waals surface area contributed by atoms with Crippen molar-refractivity contribution in [1.82, 2.24) is 5.32 Å². The molecule has 1 N–H and O–H groups in total. The number of amides is 1. The number of carbonyl (C=O) groups is 2. The molecule has 0 bridgehead atoms. The fourth-order valence-corrected chi connectivity index (χ4v) is 1.15. The average molecular weight is 245 g/mol. The lowest BCUT2D eigenvalue weighted by Gasteiger charge is -2.05. The Morgan fingerprint density at radius 2 is 1.82 bits per heavy atom. The molecule has 0 atom stereocenters. The Morgan fingerprint density at radius 3 is 2.41 bits per heavy atom. The van der Waals surface area contributed by atoms with Crippen LogP contribution in [0.15, 0.2) is 12.1 Å². The van der Waals surface area contributed by atoms with Crippen LogP contribution >= 0.6 is 0 Å². The summed E-state index contributed by atoms with van der Waals surface area (Å²) in [6, 6.07) is 1.51. The second-order valence-corrected chi connectivity index (χ2v) is 3.43. The molecule has 0 aliphatic rings. The van der Waals surface area contributed by atoms with E-state index < -0.39 is 28.9 Å². The molecule has 0 unspecified atom stereocenters. The van der Waals surface area contributed by atoms with Crippen molar-refractivity contribution in [1.29, 1.82) is 0 Å². The van der Waals surface area contributed by atoms with Crippen molar-refractivity contribution in [2.24, 2.45) is 0 Å². The fraction of sp³-hybridized carbons (Fsp3) is 0.273. The number of ketones is 1. The number of rotatable bonds is 4. The normalized spacial score (nSPS) is 10.1. The zero-order valence-electron chi connectivity index (χ0n) is 9.02. The van der Waals surface area contributed by atoms with E-state index in [0.29, 0.717) is 6.07 Å². The van der Waals surface area contributed by atoms with Crippen LogP contribution in [-0.2, 0) is 4.79 Å². The fourth-order valence-electron chi connectivity index (χ4n) is 1.15. The maximum atomic E-state index is 13.2. The second-order valence-electron chi connectivity index (χ2n) is 3.43. The third kappa shape index (κ3) is 3.30. The zero-order chi connectivity index (χ0) is 13.0. The van der Waals surface area contributed by atoms with Crippen LogP contribution in [0.3, 0.4) is 0 Å². The molecular weight excluding hydrogens is 235 g/mol. The number of benzene rings is 1. The van der Waals surface area contributed by atoms with E-state index in [0.717, 1.165) is 6.07 Å². The molecule has 0 fully saturated rings. The molecule has 0 heterocycles. The predicted molar refractivity (Wildman–Crippen MR) is 53.9 cm³/mol. The van der Waals surface area contributed by atoms with Crippen LogP contribution in [-0.4, -0.2) is 18.2 Å². The van der Waals surface area contributed by atoms with Crippen molar-refractivity contribution in [2.75, 3.05) is 6.54 Å². The van der Waals surface area contributed by atoms with E-state index >= 15 is 0 Å². The van der Waals surface area contributed by atoms with Crippen LogP contribution in [0.25, 0.3) is 0 Å². The molecule has 1 aromatic rings. The summed E-state index contributed by atoms with van der Waals surface area (Å²) in [6.07, 6.45) is 0.0943. The summed E-state index contributed by atoms with van der Waals surface area (Å²) >= 11 is 0. The van der Waals surface area contributed by atoms with Crippen molar-refractivity contribution >= 4 is 11.7 Å². The summed E-state index contributed by atoms with van der Waals surface area (Å²) in [7, 11) is 0. The number of halogens is 3. The van der Waals surface area contributed by atoms with Gasteiger partial charge in [-0.05, 0) is 19.1 Å². The van der Waals surface area contributed by atoms with Crippen molar-refractivity contribution in [3.63, 3.8) is 0 Å². The minimum absolute atomic E-state index is 0.0204. The van der Waals surface area contributed by atoms with Gasteiger partial charge in [-0.25, -0.2) is 13.2 Å². The predicted octanol–water partition coefficient (Wildman–Crippen LogP) is 1.81. The molecule has 1 rings (SSSR count). The van der Waals surface area contributed by atoms with Crippen LogP contribution in [0.5, 0.6) is 0 Å². The number of hydrogen-bond acceptors (Lipinski definition) is 2. The standard InChI is InChI=1S/C11H10F3NO2/c1-6(16)4-5-15-11(17)7-2-3-8(12)10(14)9(7)13/h2-3H,4-5H2,1H3,(H,15,17). The lowest BCUT2D eigenvalue weighted by Crippen LogP contribution is -2.26. The molecule has 0 spiro atoms. The number of hydrogen-bond donors (Lipinski definition) is 1. The molecule has 0 radical (unpaired) electrons. The minimum Gasteiger partial charge on any atom is -0.352 e. The minimum atomic E-state index is -1.69. The third-order valence-electron chi connectivity index (χ3n) is 2.04. The molecular formula is C11H10F3NO2. The number of nitrogens with one attached hydrogen (secondary N) is 1. The highest BCUT2D eigenvalue weighted by atomic mass is 19.2. The van der Waals surface area contributed by atoms with Gasteiger partial charge in [0.15, 0.2) is 17.5 Å². The van der Waals surface area contributed by atoms with Gasteiger partial charge in [-0.2, -0.15) is 0 Å². The molecule has 17 heavy (non-hydrogen) atoms. The van der Waals surface area contributed by atoms with E-state index in [2.05, 4.69) is 5.32 Å². The average Bonchev–Trinajstić information content (AvgIpc) is 2.25. The van der Waals surface area contributed by atoms with E-state index in [1.165, 1.54) is 6.92 Å². The summed E-state index contributed by atoms with van der Waals surface area (Å²) in [5, 5.41) is 2.23. The van der Waals surface area contributed by atoms with Crippen LogP contribution in [0.1, 0.15) is 23.7 Å². The van der Waals surface area contributed by atoms with Crippen LogP contribution < -0.4 is 5.32 Å². The summed E-state index contributed by atoms with van der Waals surface area (Å²) in [5.74, 6) is -5.61. The van der Waals surface area contributed by atoms with E-state index in [9.17, 15) is 22.8 Å². The highest BCUT2D eigenvalue weighted by molar-refractivity contribution is 5.94. The summed E-state index contributed by atoms with van der Waals surface area (Å²) in [6.45, 7) is 1.36. The Kier molecular flexibility index (Phi) is 4.25. The van der Waals surface area contributed by atoms with Gasteiger partial charge in [0.1, 0.15) is 5.78 Å². The van der Waals surface area contributed by atoms with Crippen molar-refractivity contribution in [3.8, 4) is 0 Å². The van der Waals surface area contributed by atoms with Crippen LogP contribution in [0, 0.1) is 17.5 Å². The van der Waals surface area contributed by atoms with E-state index in [4.69, 9.17) is 0 Å². The van der Waals surface area contributed by atoms with Crippen LogP contribution in [0.2, 0.25) is 0 Å². The molecule has 1 aromatic carbocycles. The Morgan fingerprint density at radius 1 is 1.18 bits per heavy atom. The lowest BCUT2D eigenvalue weighted by molar-refractivity contribution is -0.116. The quantitative estimate of drug-likeness (QED) is 0.822. The van der Waals surface area contributed by atoms with Gasteiger partial charge in [0.25, 0.3) is 5.91 Å². The van der Waals surface area contributed by atoms with Gasteiger partial charge in [-0.1, -0.05) is 0 Å². The Balaban J connectivity index is 2.76. The summed E-state index contributed by atoms with van der Waals surface area (Å²) < 4.78 is 38.6. The summed E-state index contributed by atoms with van der Waals surface area (Å²) in [5.41, 5.74) is -0.590. The van der Waals surface area contributed by atoms with Crippen molar-refractivity contribution in [2.45, 2.75) is 13.3 Å².